The molecular weight excluding hydrogens is 258 g/mol. The topological polar surface area (TPSA) is 54.9 Å². The number of carbonyl (C=O) groups excluding carboxylic acids is 1. The van der Waals surface area contributed by atoms with E-state index in [1.807, 2.05) is 17.5 Å². The van der Waals surface area contributed by atoms with Gasteiger partial charge in [-0.05, 0) is 35.2 Å². The molecule has 0 bridgehead atoms. The molecule has 0 aromatic carbocycles. The van der Waals surface area contributed by atoms with Crippen LogP contribution in [0.5, 0.6) is 0 Å². The Balaban J connectivity index is 1.98. The van der Waals surface area contributed by atoms with Gasteiger partial charge in [-0.1, -0.05) is 6.07 Å². The quantitative estimate of drug-likeness (QED) is 0.686. The van der Waals surface area contributed by atoms with Crippen molar-refractivity contribution >= 4 is 40.7 Å². The summed E-state index contributed by atoms with van der Waals surface area (Å²) in [7, 11) is 0. The standard InChI is InChI=1S/C11H8ClN3OS/c12-11-13-6-5-9(15-11)14-10(16)4-3-8-2-1-7-17-8/h1-7H,(H,13,14,15,16)/b4-3+. The maximum absolute atomic E-state index is 11.5. The van der Waals surface area contributed by atoms with Gasteiger partial charge in [0.25, 0.3) is 0 Å². The fourth-order valence-corrected chi connectivity index (χ4v) is 1.88. The van der Waals surface area contributed by atoms with E-state index in [4.69, 9.17) is 11.6 Å². The highest BCUT2D eigenvalue weighted by molar-refractivity contribution is 7.10. The Bertz CT molecular complexity index is 539. The highest BCUT2D eigenvalue weighted by Gasteiger charge is 2.00. The number of amides is 1. The fraction of sp³-hybridized carbons (Fsp3) is 0. The Kier molecular flexibility index (Phi) is 3.85. The molecule has 0 aliphatic heterocycles. The highest BCUT2D eigenvalue weighted by atomic mass is 35.5. The molecule has 0 aliphatic rings. The summed E-state index contributed by atoms with van der Waals surface area (Å²) in [4.78, 5) is 20.1. The molecule has 0 radical (unpaired) electrons. The maximum Gasteiger partial charge on any atom is 0.249 e. The van der Waals surface area contributed by atoms with E-state index in [9.17, 15) is 4.79 Å². The summed E-state index contributed by atoms with van der Waals surface area (Å²) in [5, 5.41) is 4.64. The monoisotopic (exact) mass is 265 g/mol. The zero-order chi connectivity index (χ0) is 12.1. The number of hydrogen-bond acceptors (Lipinski definition) is 4. The summed E-state index contributed by atoms with van der Waals surface area (Å²) in [6.45, 7) is 0. The van der Waals surface area contributed by atoms with Gasteiger partial charge >= 0.3 is 0 Å². The molecule has 2 aromatic heterocycles. The van der Waals surface area contributed by atoms with Gasteiger partial charge in [0.15, 0.2) is 0 Å². The zero-order valence-electron chi connectivity index (χ0n) is 8.63. The van der Waals surface area contributed by atoms with E-state index in [1.165, 1.54) is 12.3 Å². The van der Waals surface area contributed by atoms with Crippen LogP contribution in [0.2, 0.25) is 5.28 Å². The molecule has 6 heteroatoms. The normalized spacial score (nSPS) is 10.6. The molecule has 2 aromatic rings. The predicted molar refractivity (Wildman–Crippen MR) is 69.0 cm³/mol. The van der Waals surface area contributed by atoms with E-state index in [0.29, 0.717) is 5.82 Å². The summed E-state index contributed by atoms with van der Waals surface area (Å²) in [5.41, 5.74) is 0. The molecule has 0 unspecified atom stereocenters. The molecule has 2 heterocycles. The molecule has 1 N–H and O–H groups in total. The molecule has 86 valence electrons. The van der Waals surface area contributed by atoms with Gasteiger partial charge in [-0.2, -0.15) is 0 Å². The Hall–Kier alpha value is -1.72. The summed E-state index contributed by atoms with van der Waals surface area (Å²) < 4.78 is 0. The van der Waals surface area contributed by atoms with Crippen LogP contribution in [0, 0.1) is 0 Å². The van der Waals surface area contributed by atoms with Gasteiger partial charge in [0.05, 0.1) is 0 Å². The van der Waals surface area contributed by atoms with Crippen molar-refractivity contribution in [3.63, 3.8) is 0 Å². The van der Waals surface area contributed by atoms with Crippen LogP contribution in [0.15, 0.2) is 35.9 Å². The van der Waals surface area contributed by atoms with E-state index in [0.717, 1.165) is 4.88 Å². The van der Waals surface area contributed by atoms with Crippen molar-refractivity contribution in [3.05, 3.63) is 46.0 Å². The van der Waals surface area contributed by atoms with Gasteiger partial charge in [0.1, 0.15) is 5.82 Å². The number of halogens is 1. The zero-order valence-corrected chi connectivity index (χ0v) is 10.2. The van der Waals surface area contributed by atoms with Gasteiger partial charge in [-0.3, -0.25) is 4.79 Å². The second-order valence-corrected chi connectivity index (χ2v) is 4.37. The molecule has 17 heavy (non-hydrogen) atoms. The smallest absolute Gasteiger partial charge is 0.249 e. The molecule has 0 spiro atoms. The number of carbonyl (C=O) groups is 1. The van der Waals surface area contributed by atoms with Crippen molar-refractivity contribution in [2.24, 2.45) is 0 Å². The average molecular weight is 266 g/mol. The largest absolute Gasteiger partial charge is 0.307 e. The van der Waals surface area contributed by atoms with E-state index >= 15 is 0 Å². The molecule has 1 amide bonds. The molecule has 0 atom stereocenters. The van der Waals surface area contributed by atoms with Gasteiger partial charge < -0.3 is 5.32 Å². The number of aromatic nitrogens is 2. The molecule has 0 aliphatic carbocycles. The lowest BCUT2D eigenvalue weighted by Gasteiger charge is -1.99. The minimum atomic E-state index is -0.256. The maximum atomic E-state index is 11.5. The summed E-state index contributed by atoms with van der Waals surface area (Å²) in [6, 6.07) is 5.42. The first-order chi connectivity index (χ1) is 8.24. The Labute approximate surface area is 107 Å². The van der Waals surface area contributed by atoms with Crippen LogP contribution in [0.25, 0.3) is 6.08 Å². The van der Waals surface area contributed by atoms with Gasteiger partial charge in [-0.25, -0.2) is 9.97 Å². The average Bonchev–Trinajstić information content (AvgIpc) is 2.79. The number of nitrogens with zero attached hydrogens (tertiary/aromatic N) is 2. The van der Waals surface area contributed by atoms with Crippen LogP contribution >= 0.6 is 22.9 Å². The molecule has 0 fully saturated rings. The SMILES string of the molecule is O=C(/C=C/c1cccs1)Nc1ccnc(Cl)n1. The van der Waals surface area contributed by atoms with Crippen LogP contribution < -0.4 is 5.32 Å². The summed E-state index contributed by atoms with van der Waals surface area (Å²) in [5.74, 6) is 0.124. The van der Waals surface area contributed by atoms with E-state index in [2.05, 4.69) is 15.3 Å². The lowest BCUT2D eigenvalue weighted by molar-refractivity contribution is -0.111. The third-order valence-electron chi connectivity index (χ3n) is 1.82. The van der Waals surface area contributed by atoms with Crippen molar-refractivity contribution in [2.45, 2.75) is 0 Å². The summed E-state index contributed by atoms with van der Waals surface area (Å²) >= 11 is 7.16. The predicted octanol–water partition coefficient (Wildman–Crippen LogP) is 2.84. The van der Waals surface area contributed by atoms with Crippen LogP contribution in [-0.4, -0.2) is 15.9 Å². The number of rotatable bonds is 3. The minimum absolute atomic E-state index is 0.102. The van der Waals surface area contributed by atoms with E-state index in [1.54, 1.807) is 23.5 Å². The molecule has 4 nitrogen and oxygen atoms in total. The Morgan fingerprint density at radius 3 is 3.06 bits per heavy atom. The van der Waals surface area contributed by atoms with Crippen molar-refractivity contribution in [3.8, 4) is 0 Å². The first kappa shape index (κ1) is 11.8. The third kappa shape index (κ3) is 3.65. The second kappa shape index (κ2) is 5.56. The lowest BCUT2D eigenvalue weighted by Crippen LogP contribution is -2.09. The number of anilines is 1. The fourth-order valence-electron chi connectivity index (χ4n) is 1.12. The molecule has 2 rings (SSSR count). The number of thiophene rings is 1. The highest BCUT2D eigenvalue weighted by Crippen LogP contribution is 2.10. The molecule has 0 saturated carbocycles. The van der Waals surface area contributed by atoms with Crippen molar-refractivity contribution in [1.82, 2.24) is 9.97 Å². The third-order valence-corrected chi connectivity index (χ3v) is 2.84. The van der Waals surface area contributed by atoms with Crippen LogP contribution in [0.1, 0.15) is 4.88 Å². The first-order valence-electron chi connectivity index (χ1n) is 4.75. The van der Waals surface area contributed by atoms with E-state index in [-0.39, 0.29) is 11.2 Å². The lowest BCUT2D eigenvalue weighted by atomic mass is 10.4. The van der Waals surface area contributed by atoms with Crippen LogP contribution in [0.3, 0.4) is 0 Å². The van der Waals surface area contributed by atoms with E-state index < -0.39 is 0 Å². The summed E-state index contributed by atoms with van der Waals surface area (Å²) in [6.07, 6.45) is 4.67. The first-order valence-corrected chi connectivity index (χ1v) is 6.01. The van der Waals surface area contributed by atoms with Crippen LogP contribution in [-0.2, 0) is 4.79 Å². The molecule has 0 saturated heterocycles. The number of hydrogen-bond donors (Lipinski definition) is 1. The van der Waals surface area contributed by atoms with Crippen molar-refractivity contribution in [1.29, 1.82) is 0 Å². The Morgan fingerprint density at radius 1 is 1.47 bits per heavy atom. The van der Waals surface area contributed by atoms with Gasteiger partial charge in [-0.15, -0.1) is 11.3 Å². The van der Waals surface area contributed by atoms with Crippen molar-refractivity contribution in [2.75, 3.05) is 5.32 Å². The van der Waals surface area contributed by atoms with Gasteiger partial charge in [0, 0.05) is 17.2 Å². The Morgan fingerprint density at radius 2 is 2.35 bits per heavy atom. The second-order valence-electron chi connectivity index (χ2n) is 3.05. The molecular formula is C11H8ClN3OS. The van der Waals surface area contributed by atoms with Crippen molar-refractivity contribution < 1.29 is 4.79 Å². The minimum Gasteiger partial charge on any atom is -0.307 e. The van der Waals surface area contributed by atoms with Crippen LogP contribution in [0.4, 0.5) is 5.82 Å². The number of nitrogens with one attached hydrogen (secondary N) is 1. The van der Waals surface area contributed by atoms with Gasteiger partial charge in [0.2, 0.25) is 11.2 Å².